The molecule has 0 radical (unpaired) electrons. The molecule has 142 valence electrons. The van der Waals surface area contributed by atoms with Gasteiger partial charge in [0.05, 0.1) is 0 Å². The second-order valence-corrected chi connectivity index (χ2v) is 8.20. The maximum absolute atomic E-state index is 13.3. The molecule has 0 bridgehead atoms. The minimum absolute atomic E-state index is 0.105. The van der Waals surface area contributed by atoms with Gasteiger partial charge in [-0.3, -0.25) is 4.79 Å². The summed E-state index contributed by atoms with van der Waals surface area (Å²) in [6, 6.07) is 20.5. The van der Waals surface area contributed by atoms with Gasteiger partial charge in [-0.05, 0) is 64.9 Å². The van der Waals surface area contributed by atoms with Crippen LogP contribution in [0.5, 0.6) is 0 Å². The van der Waals surface area contributed by atoms with E-state index in [9.17, 15) is 4.79 Å². The highest BCUT2D eigenvalue weighted by atomic mass is 79.9. The largest absolute Gasteiger partial charge is 0.334 e. The second kappa shape index (κ2) is 8.10. The summed E-state index contributed by atoms with van der Waals surface area (Å²) >= 11 is 9.70. The molecule has 0 fully saturated rings. The van der Waals surface area contributed by atoms with Crippen molar-refractivity contribution in [1.82, 2.24) is 4.90 Å². The zero-order valence-corrected chi connectivity index (χ0v) is 18.1. The molecule has 2 nitrogen and oxygen atoms in total. The fraction of sp³-hybridized carbons (Fsp3) is 0.208. The molecule has 0 spiro atoms. The quantitative estimate of drug-likeness (QED) is 0.417. The number of benzene rings is 3. The first kappa shape index (κ1) is 19.2. The third-order valence-electron chi connectivity index (χ3n) is 5.29. The highest BCUT2D eigenvalue weighted by Gasteiger charge is 2.27. The van der Waals surface area contributed by atoms with E-state index in [1.807, 2.05) is 48.2 Å². The monoisotopic (exact) mass is 453 g/mol. The molecular weight excluding hydrogens is 434 g/mol. The van der Waals surface area contributed by atoms with Gasteiger partial charge < -0.3 is 4.90 Å². The molecule has 3 aromatic rings. The third kappa shape index (κ3) is 3.74. The van der Waals surface area contributed by atoms with Crippen LogP contribution in [-0.4, -0.2) is 17.4 Å². The van der Waals surface area contributed by atoms with E-state index in [2.05, 4.69) is 40.2 Å². The zero-order valence-electron chi connectivity index (χ0n) is 15.7. The molecule has 0 atom stereocenters. The highest BCUT2D eigenvalue weighted by molar-refractivity contribution is 9.08. The van der Waals surface area contributed by atoms with Crippen molar-refractivity contribution in [1.29, 1.82) is 0 Å². The lowest BCUT2D eigenvalue weighted by Gasteiger charge is -2.30. The summed E-state index contributed by atoms with van der Waals surface area (Å²) in [4.78, 5) is 15.3. The molecule has 0 N–H and O–H groups in total. The van der Waals surface area contributed by atoms with Crippen LogP contribution >= 0.6 is 27.5 Å². The molecule has 0 aromatic heterocycles. The molecule has 0 saturated carbocycles. The number of halogens is 2. The Kier molecular flexibility index (Phi) is 5.56. The van der Waals surface area contributed by atoms with E-state index in [0.29, 0.717) is 6.54 Å². The number of aryl methyl sites for hydroxylation is 1. The van der Waals surface area contributed by atoms with Gasteiger partial charge in [-0.25, -0.2) is 0 Å². The van der Waals surface area contributed by atoms with Gasteiger partial charge in [0.2, 0.25) is 0 Å². The Morgan fingerprint density at radius 3 is 2.46 bits per heavy atom. The molecule has 4 heteroatoms. The number of hydrogen-bond acceptors (Lipinski definition) is 1. The van der Waals surface area contributed by atoms with E-state index in [0.717, 1.165) is 56.7 Å². The van der Waals surface area contributed by atoms with Gasteiger partial charge in [0.25, 0.3) is 5.91 Å². The molecule has 0 aliphatic carbocycles. The summed E-state index contributed by atoms with van der Waals surface area (Å²) in [7, 11) is 0. The Morgan fingerprint density at radius 2 is 1.75 bits per heavy atom. The number of alkyl halides is 1. The normalized spacial score (nSPS) is 13.5. The minimum Gasteiger partial charge on any atom is -0.334 e. The van der Waals surface area contributed by atoms with Crippen molar-refractivity contribution in [2.24, 2.45) is 0 Å². The van der Waals surface area contributed by atoms with Crippen molar-refractivity contribution >= 4 is 33.4 Å². The van der Waals surface area contributed by atoms with Crippen LogP contribution in [0.25, 0.3) is 11.1 Å². The minimum atomic E-state index is 0.105. The van der Waals surface area contributed by atoms with Crippen LogP contribution in [0, 0.1) is 6.92 Å². The van der Waals surface area contributed by atoms with Gasteiger partial charge in [-0.1, -0.05) is 70.0 Å². The summed E-state index contributed by atoms with van der Waals surface area (Å²) in [6.45, 7) is 3.32. The Balaban J connectivity index is 1.70. The number of carbonyl (C=O) groups is 1. The van der Waals surface area contributed by atoms with Crippen molar-refractivity contribution < 1.29 is 4.79 Å². The molecule has 1 aliphatic rings. The van der Waals surface area contributed by atoms with Crippen molar-refractivity contribution in [3.8, 4) is 11.1 Å². The maximum atomic E-state index is 13.3. The van der Waals surface area contributed by atoms with Crippen molar-refractivity contribution in [3.05, 3.63) is 93.5 Å². The smallest absolute Gasteiger partial charge is 0.254 e. The Morgan fingerprint density at radius 1 is 1.00 bits per heavy atom. The predicted molar refractivity (Wildman–Crippen MR) is 119 cm³/mol. The number of nitrogens with zero attached hydrogens (tertiary/aromatic N) is 1. The van der Waals surface area contributed by atoms with Crippen LogP contribution < -0.4 is 0 Å². The van der Waals surface area contributed by atoms with Crippen LogP contribution in [0.2, 0.25) is 5.02 Å². The lowest BCUT2D eigenvalue weighted by Crippen LogP contribution is -2.37. The van der Waals surface area contributed by atoms with Gasteiger partial charge in [0, 0.05) is 29.0 Å². The van der Waals surface area contributed by atoms with Gasteiger partial charge in [0.15, 0.2) is 0 Å². The average Bonchev–Trinajstić information content (AvgIpc) is 2.73. The summed E-state index contributed by atoms with van der Waals surface area (Å²) in [6.07, 6.45) is 0.862. The molecule has 4 rings (SSSR count). The lowest BCUT2D eigenvalue weighted by molar-refractivity contribution is 0.0727. The maximum Gasteiger partial charge on any atom is 0.254 e. The Hall–Kier alpha value is -2.10. The Labute approximate surface area is 179 Å². The zero-order chi connectivity index (χ0) is 19.7. The number of fused-ring (bicyclic) bond motifs is 1. The van der Waals surface area contributed by atoms with Crippen LogP contribution in [-0.2, 0) is 18.3 Å². The first-order valence-electron chi connectivity index (χ1n) is 9.38. The van der Waals surface area contributed by atoms with Gasteiger partial charge in [-0.2, -0.15) is 0 Å². The van der Waals surface area contributed by atoms with Crippen molar-refractivity contribution in [3.63, 3.8) is 0 Å². The molecule has 3 aromatic carbocycles. The fourth-order valence-electron chi connectivity index (χ4n) is 3.84. The van der Waals surface area contributed by atoms with Gasteiger partial charge >= 0.3 is 0 Å². The molecule has 0 saturated heterocycles. The van der Waals surface area contributed by atoms with Crippen molar-refractivity contribution in [2.75, 3.05) is 6.54 Å². The summed E-state index contributed by atoms with van der Waals surface area (Å²) in [5.74, 6) is 0.105. The molecule has 1 aliphatic heterocycles. The van der Waals surface area contributed by atoms with E-state index in [1.54, 1.807) is 0 Å². The SMILES string of the molecule is Cc1cc(CN2CCc3c(cc(CBr)cc3-c3ccccc3)C2=O)ccc1Cl. The first-order chi connectivity index (χ1) is 13.6. The summed E-state index contributed by atoms with van der Waals surface area (Å²) < 4.78 is 0. The topological polar surface area (TPSA) is 20.3 Å². The van der Waals surface area contributed by atoms with Crippen LogP contribution in [0.15, 0.2) is 60.7 Å². The summed E-state index contributed by atoms with van der Waals surface area (Å²) in [5.41, 5.74) is 7.59. The van der Waals surface area contributed by atoms with Gasteiger partial charge in [-0.15, -0.1) is 0 Å². The van der Waals surface area contributed by atoms with Crippen LogP contribution in [0.3, 0.4) is 0 Å². The lowest BCUT2D eigenvalue weighted by atomic mass is 9.88. The van der Waals surface area contributed by atoms with E-state index < -0.39 is 0 Å². The number of amides is 1. The summed E-state index contributed by atoms with van der Waals surface area (Å²) in [5, 5.41) is 1.48. The second-order valence-electron chi connectivity index (χ2n) is 7.23. The van der Waals surface area contributed by atoms with Crippen LogP contribution in [0.1, 0.15) is 32.6 Å². The molecule has 0 unspecified atom stereocenters. The van der Waals surface area contributed by atoms with E-state index in [4.69, 9.17) is 11.6 Å². The fourth-order valence-corrected chi connectivity index (χ4v) is 4.28. The van der Waals surface area contributed by atoms with Crippen molar-refractivity contribution in [2.45, 2.75) is 25.2 Å². The average molecular weight is 455 g/mol. The first-order valence-corrected chi connectivity index (χ1v) is 10.9. The third-order valence-corrected chi connectivity index (χ3v) is 6.37. The number of carbonyl (C=O) groups excluding carboxylic acids is 1. The standard InChI is InChI=1S/C24H21BrClNO/c1-16-11-17(7-8-23(16)26)15-27-10-9-20-21(19-5-3-2-4-6-19)12-18(14-25)13-22(20)24(27)28/h2-8,11-13H,9-10,14-15H2,1H3. The van der Waals surface area contributed by atoms with Gasteiger partial charge in [0.1, 0.15) is 0 Å². The Bertz CT molecular complexity index is 1030. The molecule has 28 heavy (non-hydrogen) atoms. The number of rotatable bonds is 4. The van der Waals surface area contributed by atoms with Crippen LogP contribution in [0.4, 0.5) is 0 Å². The van der Waals surface area contributed by atoms with E-state index in [1.165, 1.54) is 5.56 Å². The molecular formula is C24H21BrClNO. The van der Waals surface area contributed by atoms with E-state index >= 15 is 0 Å². The highest BCUT2D eigenvalue weighted by Crippen LogP contribution is 2.33. The molecule has 1 amide bonds. The number of hydrogen-bond donors (Lipinski definition) is 0. The molecule has 1 heterocycles. The van der Waals surface area contributed by atoms with E-state index in [-0.39, 0.29) is 5.91 Å². The predicted octanol–water partition coefficient (Wildman–Crippen LogP) is 6.41.